The summed E-state index contributed by atoms with van der Waals surface area (Å²) >= 11 is 0. The second kappa shape index (κ2) is 7.17. The van der Waals surface area contributed by atoms with Crippen LogP contribution in [0.4, 0.5) is 11.6 Å². The second-order valence-electron chi connectivity index (χ2n) is 6.20. The van der Waals surface area contributed by atoms with Gasteiger partial charge in [-0.25, -0.2) is 9.97 Å². The molecule has 3 aromatic rings. The van der Waals surface area contributed by atoms with E-state index in [2.05, 4.69) is 44.5 Å². The molecule has 1 aliphatic heterocycles. The highest BCUT2D eigenvalue weighted by Gasteiger charge is 2.16. The molecule has 26 heavy (non-hydrogen) atoms. The predicted octanol–water partition coefficient (Wildman–Crippen LogP) is 3.18. The van der Waals surface area contributed by atoms with Crippen molar-refractivity contribution >= 4 is 22.4 Å². The Morgan fingerprint density at radius 2 is 1.96 bits per heavy atom. The van der Waals surface area contributed by atoms with Crippen LogP contribution < -0.4 is 15.0 Å². The van der Waals surface area contributed by atoms with E-state index in [0.717, 1.165) is 48.7 Å². The fraction of sp³-hybridized carbons (Fsp3) is 0.300. The van der Waals surface area contributed by atoms with Crippen molar-refractivity contribution in [1.29, 1.82) is 0 Å². The normalized spacial score (nSPS) is 14.5. The SMILES string of the molecule is CNc1nccc(-c2cc(N3CCOCC3)c3cc(OC)ccc3c2)n1. The highest BCUT2D eigenvalue weighted by atomic mass is 16.5. The summed E-state index contributed by atoms with van der Waals surface area (Å²) in [4.78, 5) is 11.2. The summed E-state index contributed by atoms with van der Waals surface area (Å²) in [7, 11) is 3.52. The minimum atomic E-state index is 0.616. The molecule has 1 saturated heterocycles. The molecule has 134 valence electrons. The molecule has 1 fully saturated rings. The molecule has 2 aromatic carbocycles. The molecule has 0 aliphatic carbocycles. The molecule has 0 amide bonds. The van der Waals surface area contributed by atoms with Gasteiger partial charge in [0.1, 0.15) is 5.75 Å². The van der Waals surface area contributed by atoms with Gasteiger partial charge in [0.05, 0.1) is 26.0 Å². The number of rotatable bonds is 4. The molecule has 1 N–H and O–H groups in total. The topological polar surface area (TPSA) is 59.5 Å². The largest absolute Gasteiger partial charge is 0.497 e. The van der Waals surface area contributed by atoms with E-state index >= 15 is 0 Å². The molecule has 0 saturated carbocycles. The number of hydrogen-bond acceptors (Lipinski definition) is 6. The summed E-state index contributed by atoms with van der Waals surface area (Å²) in [5.41, 5.74) is 3.16. The lowest BCUT2D eigenvalue weighted by molar-refractivity contribution is 0.123. The van der Waals surface area contributed by atoms with E-state index < -0.39 is 0 Å². The Kier molecular flexibility index (Phi) is 4.58. The minimum Gasteiger partial charge on any atom is -0.497 e. The van der Waals surface area contributed by atoms with Crippen molar-refractivity contribution in [2.45, 2.75) is 0 Å². The molecule has 0 bridgehead atoms. The number of aromatic nitrogens is 2. The first-order valence-corrected chi connectivity index (χ1v) is 8.74. The average Bonchev–Trinajstić information content (AvgIpc) is 2.73. The highest BCUT2D eigenvalue weighted by molar-refractivity contribution is 5.98. The molecule has 0 radical (unpaired) electrons. The smallest absolute Gasteiger partial charge is 0.222 e. The van der Waals surface area contributed by atoms with Crippen molar-refractivity contribution in [3.63, 3.8) is 0 Å². The first-order valence-electron chi connectivity index (χ1n) is 8.74. The van der Waals surface area contributed by atoms with Gasteiger partial charge in [-0.05, 0) is 35.7 Å². The summed E-state index contributed by atoms with van der Waals surface area (Å²) in [5, 5.41) is 5.34. The van der Waals surface area contributed by atoms with Gasteiger partial charge in [0.25, 0.3) is 0 Å². The van der Waals surface area contributed by atoms with Gasteiger partial charge in [0, 0.05) is 43.0 Å². The first-order chi connectivity index (χ1) is 12.8. The Balaban J connectivity index is 1.89. The molecular weight excluding hydrogens is 328 g/mol. The molecule has 1 aromatic heterocycles. The lowest BCUT2D eigenvalue weighted by Crippen LogP contribution is -2.36. The van der Waals surface area contributed by atoms with Crippen molar-refractivity contribution in [1.82, 2.24) is 9.97 Å². The van der Waals surface area contributed by atoms with Gasteiger partial charge in [-0.1, -0.05) is 6.07 Å². The van der Waals surface area contributed by atoms with Crippen LogP contribution in [0.2, 0.25) is 0 Å². The van der Waals surface area contributed by atoms with Crippen molar-refractivity contribution in [2.24, 2.45) is 0 Å². The standard InChI is InChI=1S/C20H22N4O2/c1-21-20-22-6-5-18(23-20)15-11-14-3-4-16(25-2)13-17(14)19(12-15)24-7-9-26-10-8-24/h3-6,11-13H,7-10H2,1-2H3,(H,21,22,23). The molecular formula is C20H22N4O2. The van der Waals surface area contributed by atoms with Gasteiger partial charge in [0.15, 0.2) is 0 Å². The maximum atomic E-state index is 5.53. The predicted molar refractivity (Wildman–Crippen MR) is 104 cm³/mol. The molecule has 0 atom stereocenters. The van der Waals surface area contributed by atoms with E-state index in [-0.39, 0.29) is 0 Å². The number of hydrogen-bond donors (Lipinski definition) is 1. The maximum absolute atomic E-state index is 5.53. The van der Waals surface area contributed by atoms with Crippen molar-refractivity contribution in [3.8, 4) is 17.0 Å². The fourth-order valence-corrected chi connectivity index (χ4v) is 3.30. The molecule has 1 aliphatic rings. The van der Waals surface area contributed by atoms with Crippen LogP contribution >= 0.6 is 0 Å². The zero-order valence-corrected chi connectivity index (χ0v) is 15.0. The molecule has 0 unspecified atom stereocenters. The molecule has 0 spiro atoms. The molecule has 6 heteroatoms. The molecule has 4 rings (SSSR count). The number of nitrogens with zero attached hydrogens (tertiary/aromatic N) is 3. The third-order valence-electron chi connectivity index (χ3n) is 4.67. The van der Waals surface area contributed by atoms with Crippen LogP contribution in [0.1, 0.15) is 0 Å². The van der Waals surface area contributed by atoms with Crippen LogP contribution in [0, 0.1) is 0 Å². The van der Waals surface area contributed by atoms with Crippen LogP contribution in [0.3, 0.4) is 0 Å². The van der Waals surface area contributed by atoms with Gasteiger partial charge in [-0.15, -0.1) is 0 Å². The van der Waals surface area contributed by atoms with Gasteiger partial charge in [-0.2, -0.15) is 0 Å². The number of benzene rings is 2. The number of fused-ring (bicyclic) bond motifs is 1. The van der Waals surface area contributed by atoms with E-state index in [9.17, 15) is 0 Å². The Morgan fingerprint density at radius 3 is 2.73 bits per heavy atom. The molecule has 2 heterocycles. The van der Waals surface area contributed by atoms with E-state index in [1.807, 2.05) is 19.2 Å². The monoisotopic (exact) mass is 350 g/mol. The first kappa shape index (κ1) is 16.6. The maximum Gasteiger partial charge on any atom is 0.222 e. The minimum absolute atomic E-state index is 0.616. The quantitative estimate of drug-likeness (QED) is 0.780. The summed E-state index contributed by atoms with van der Waals surface area (Å²) < 4.78 is 11.0. The highest BCUT2D eigenvalue weighted by Crippen LogP contribution is 2.35. The van der Waals surface area contributed by atoms with E-state index in [4.69, 9.17) is 9.47 Å². The third kappa shape index (κ3) is 3.15. The summed E-state index contributed by atoms with van der Waals surface area (Å²) in [6.45, 7) is 3.24. The van der Waals surface area contributed by atoms with Gasteiger partial charge < -0.3 is 19.7 Å². The van der Waals surface area contributed by atoms with Crippen LogP contribution in [-0.4, -0.2) is 50.4 Å². The van der Waals surface area contributed by atoms with E-state index in [1.165, 1.54) is 11.1 Å². The Morgan fingerprint density at radius 1 is 1.12 bits per heavy atom. The zero-order valence-electron chi connectivity index (χ0n) is 15.0. The summed E-state index contributed by atoms with van der Waals surface area (Å²) in [6, 6.07) is 12.5. The van der Waals surface area contributed by atoms with Crippen LogP contribution in [0.15, 0.2) is 42.6 Å². The van der Waals surface area contributed by atoms with E-state index in [1.54, 1.807) is 13.3 Å². The molecule has 6 nitrogen and oxygen atoms in total. The van der Waals surface area contributed by atoms with Crippen LogP contribution in [0.5, 0.6) is 5.75 Å². The Bertz CT molecular complexity index is 923. The van der Waals surface area contributed by atoms with Crippen molar-refractivity contribution in [3.05, 3.63) is 42.6 Å². The number of anilines is 2. The Labute approximate surface area is 152 Å². The lowest BCUT2D eigenvalue weighted by atomic mass is 10.0. The third-order valence-corrected chi connectivity index (χ3v) is 4.67. The number of morpholine rings is 1. The van der Waals surface area contributed by atoms with Gasteiger partial charge >= 0.3 is 0 Å². The van der Waals surface area contributed by atoms with Gasteiger partial charge in [-0.3, -0.25) is 0 Å². The number of methoxy groups -OCH3 is 1. The van der Waals surface area contributed by atoms with Crippen LogP contribution in [0.25, 0.3) is 22.0 Å². The van der Waals surface area contributed by atoms with Crippen molar-refractivity contribution < 1.29 is 9.47 Å². The Hall–Kier alpha value is -2.86. The second-order valence-corrected chi connectivity index (χ2v) is 6.20. The fourth-order valence-electron chi connectivity index (χ4n) is 3.30. The lowest BCUT2D eigenvalue weighted by Gasteiger charge is -2.30. The van der Waals surface area contributed by atoms with Gasteiger partial charge in [0.2, 0.25) is 5.95 Å². The summed E-state index contributed by atoms with van der Waals surface area (Å²) in [5.74, 6) is 1.48. The average molecular weight is 350 g/mol. The van der Waals surface area contributed by atoms with Crippen molar-refractivity contribution in [2.75, 3.05) is 50.7 Å². The van der Waals surface area contributed by atoms with Crippen LogP contribution in [-0.2, 0) is 4.74 Å². The van der Waals surface area contributed by atoms with E-state index in [0.29, 0.717) is 5.95 Å². The summed E-state index contributed by atoms with van der Waals surface area (Å²) in [6.07, 6.45) is 1.78. The zero-order chi connectivity index (χ0) is 17.9. The number of ether oxygens (including phenoxy) is 2. The number of nitrogens with one attached hydrogen (secondary N) is 1.